The molecule has 158 valence electrons. The molecule has 11 heteroatoms. The largest absolute Gasteiger partial charge is 0.405 e. The summed E-state index contributed by atoms with van der Waals surface area (Å²) in [7, 11) is -3.58. The fourth-order valence-corrected chi connectivity index (χ4v) is 4.67. The van der Waals surface area contributed by atoms with Gasteiger partial charge in [-0.2, -0.15) is 22.6 Å². The molecule has 7 nitrogen and oxygen atoms in total. The number of H-pyrrole nitrogens is 1. The van der Waals surface area contributed by atoms with E-state index in [2.05, 4.69) is 10.2 Å². The molecule has 0 aliphatic carbocycles. The first-order valence-electron chi connectivity index (χ1n) is 9.03. The van der Waals surface area contributed by atoms with Crippen molar-refractivity contribution in [3.8, 4) is 0 Å². The molecule has 29 heavy (non-hydrogen) atoms. The predicted octanol–water partition coefficient (Wildman–Crippen LogP) is 2.58. The molecule has 0 atom stereocenters. The van der Waals surface area contributed by atoms with Gasteiger partial charge < -0.3 is 5.32 Å². The van der Waals surface area contributed by atoms with E-state index in [0.717, 1.165) is 5.56 Å². The minimum Gasteiger partial charge on any atom is -0.342 e. The van der Waals surface area contributed by atoms with E-state index in [1.807, 2.05) is 6.92 Å². The summed E-state index contributed by atoms with van der Waals surface area (Å²) >= 11 is 0. The minimum absolute atomic E-state index is 0.0591. The number of benzene rings is 1. The average Bonchev–Trinajstić information content (AvgIpc) is 3.16. The predicted molar refractivity (Wildman–Crippen MR) is 98.9 cm³/mol. The molecule has 1 saturated heterocycles. The van der Waals surface area contributed by atoms with Gasteiger partial charge in [-0.1, -0.05) is 17.7 Å². The van der Waals surface area contributed by atoms with E-state index in [1.54, 1.807) is 29.6 Å². The number of hydrogen-bond acceptors (Lipinski definition) is 4. The SMILES string of the molecule is Cc1ccc(S(=O)(=O)N2CCC(c3cc(C(=O)NCC(F)(F)F)n[nH]3)CC2)cc1. The van der Waals surface area contributed by atoms with Crippen LogP contribution in [0.2, 0.25) is 0 Å². The highest BCUT2D eigenvalue weighted by Crippen LogP contribution is 2.30. The first-order chi connectivity index (χ1) is 13.6. The van der Waals surface area contributed by atoms with Gasteiger partial charge in [0.05, 0.1) is 4.90 Å². The van der Waals surface area contributed by atoms with Crippen molar-refractivity contribution in [1.82, 2.24) is 19.8 Å². The Morgan fingerprint density at radius 2 is 1.86 bits per heavy atom. The van der Waals surface area contributed by atoms with Crippen molar-refractivity contribution in [2.75, 3.05) is 19.6 Å². The number of amides is 1. The highest BCUT2D eigenvalue weighted by Gasteiger charge is 2.31. The number of piperidine rings is 1. The van der Waals surface area contributed by atoms with Gasteiger partial charge >= 0.3 is 6.18 Å². The van der Waals surface area contributed by atoms with Crippen LogP contribution in [0.1, 0.15) is 40.5 Å². The van der Waals surface area contributed by atoms with E-state index in [-0.39, 0.29) is 16.5 Å². The first-order valence-corrected chi connectivity index (χ1v) is 10.5. The molecule has 1 aromatic heterocycles. The lowest BCUT2D eigenvalue weighted by molar-refractivity contribution is -0.123. The lowest BCUT2D eigenvalue weighted by atomic mass is 9.94. The zero-order valence-electron chi connectivity index (χ0n) is 15.7. The van der Waals surface area contributed by atoms with Gasteiger partial charge in [-0.25, -0.2) is 8.42 Å². The van der Waals surface area contributed by atoms with E-state index < -0.39 is 28.7 Å². The second-order valence-electron chi connectivity index (χ2n) is 7.00. The summed E-state index contributed by atoms with van der Waals surface area (Å²) in [5.41, 5.74) is 1.45. The summed E-state index contributed by atoms with van der Waals surface area (Å²) < 4.78 is 63.5. The van der Waals surface area contributed by atoms with Crippen LogP contribution in [0.15, 0.2) is 35.2 Å². The standard InChI is InChI=1S/C18H21F3N4O3S/c1-12-2-4-14(5-3-12)29(27,28)25-8-6-13(7-9-25)15-10-16(24-23-15)17(26)22-11-18(19,20)21/h2-5,10,13H,6-9,11H2,1H3,(H,22,26)(H,23,24). The maximum atomic E-state index is 12.7. The Bertz CT molecular complexity index is 963. The van der Waals surface area contributed by atoms with E-state index >= 15 is 0 Å². The summed E-state index contributed by atoms with van der Waals surface area (Å²) in [6.45, 7) is 1.05. The third-order valence-corrected chi connectivity index (χ3v) is 6.75. The third kappa shape index (κ3) is 5.15. The number of sulfonamides is 1. The smallest absolute Gasteiger partial charge is 0.342 e. The van der Waals surface area contributed by atoms with Crippen molar-refractivity contribution in [3.05, 3.63) is 47.3 Å². The number of carbonyl (C=O) groups is 1. The molecule has 2 heterocycles. The maximum absolute atomic E-state index is 12.7. The van der Waals surface area contributed by atoms with Gasteiger partial charge in [0.15, 0.2) is 0 Å². The molecule has 1 aromatic carbocycles. The number of aromatic nitrogens is 2. The topological polar surface area (TPSA) is 95.2 Å². The molecule has 1 fully saturated rings. The van der Waals surface area contributed by atoms with E-state index in [1.165, 1.54) is 10.4 Å². The molecule has 1 aliphatic heterocycles. The molecule has 0 unspecified atom stereocenters. The highest BCUT2D eigenvalue weighted by atomic mass is 32.2. The summed E-state index contributed by atoms with van der Waals surface area (Å²) in [5.74, 6) is -0.972. The van der Waals surface area contributed by atoms with E-state index in [4.69, 9.17) is 0 Å². The van der Waals surface area contributed by atoms with Gasteiger partial charge in [0.25, 0.3) is 5.91 Å². The quantitative estimate of drug-likeness (QED) is 0.762. The van der Waals surface area contributed by atoms with Crippen molar-refractivity contribution in [2.45, 2.75) is 36.8 Å². The molecule has 1 amide bonds. The van der Waals surface area contributed by atoms with Crippen LogP contribution >= 0.6 is 0 Å². The van der Waals surface area contributed by atoms with Crippen molar-refractivity contribution < 1.29 is 26.4 Å². The van der Waals surface area contributed by atoms with Crippen LogP contribution < -0.4 is 5.32 Å². The Kier molecular flexibility index (Phi) is 5.99. The molecular formula is C18H21F3N4O3S. The van der Waals surface area contributed by atoms with Crippen LogP contribution in [0.4, 0.5) is 13.2 Å². The Morgan fingerprint density at radius 3 is 2.45 bits per heavy atom. The van der Waals surface area contributed by atoms with E-state index in [9.17, 15) is 26.4 Å². The lowest BCUT2D eigenvalue weighted by Gasteiger charge is -2.30. The number of nitrogens with zero attached hydrogens (tertiary/aromatic N) is 2. The van der Waals surface area contributed by atoms with Crippen molar-refractivity contribution in [2.24, 2.45) is 0 Å². The fourth-order valence-electron chi connectivity index (χ4n) is 3.20. The average molecular weight is 430 g/mol. The molecule has 3 rings (SSSR count). The fraction of sp³-hybridized carbons (Fsp3) is 0.444. The summed E-state index contributed by atoms with van der Waals surface area (Å²) in [6.07, 6.45) is -3.47. The number of alkyl halides is 3. The normalized spacial score (nSPS) is 16.7. The lowest BCUT2D eigenvalue weighted by Crippen LogP contribution is -2.38. The molecule has 0 bridgehead atoms. The van der Waals surface area contributed by atoms with Crippen LogP contribution in [0.3, 0.4) is 0 Å². The molecular weight excluding hydrogens is 409 g/mol. The second-order valence-corrected chi connectivity index (χ2v) is 8.94. The molecule has 2 N–H and O–H groups in total. The van der Waals surface area contributed by atoms with Crippen molar-refractivity contribution >= 4 is 15.9 Å². The number of rotatable bonds is 5. The van der Waals surface area contributed by atoms with Crippen LogP contribution in [0.25, 0.3) is 0 Å². The van der Waals surface area contributed by atoms with Crippen LogP contribution in [-0.4, -0.2) is 54.6 Å². The van der Waals surface area contributed by atoms with Crippen LogP contribution in [-0.2, 0) is 10.0 Å². The Hall–Kier alpha value is -2.40. The van der Waals surface area contributed by atoms with Gasteiger partial charge in [0.2, 0.25) is 10.0 Å². The van der Waals surface area contributed by atoms with Crippen LogP contribution in [0, 0.1) is 6.92 Å². The Morgan fingerprint density at radius 1 is 1.24 bits per heavy atom. The molecule has 0 radical (unpaired) electrons. The summed E-state index contributed by atoms with van der Waals surface area (Å²) in [6, 6.07) is 8.07. The van der Waals surface area contributed by atoms with Gasteiger partial charge in [-0.15, -0.1) is 0 Å². The molecule has 1 aliphatic rings. The van der Waals surface area contributed by atoms with Crippen molar-refractivity contribution in [3.63, 3.8) is 0 Å². The number of aryl methyl sites for hydroxylation is 1. The van der Waals surface area contributed by atoms with Gasteiger partial charge in [0.1, 0.15) is 12.2 Å². The minimum atomic E-state index is -4.50. The number of halogens is 3. The number of hydrogen-bond donors (Lipinski definition) is 2. The Labute approximate surface area is 166 Å². The zero-order valence-corrected chi connectivity index (χ0v) is 16.5. The maximum Gasteiger partial charge on any atom is 0.405 e. The first kappa shape index (κ1) is 21.3. The van der Waals surface area contributed by atoms with Crippen LogP contribution in [0.5, 0.6) is 0 Å². The molecule has 2 aromatic rings. The van der Waals surface area contributed by atoms with E-state index in [0.29, 0.717) is 31.6 Å². The Balaban J connectivity index is 1.60. The van der Waals surface area contributed by atoms with Gasteiger partial charge in [-0.05, 0) is 38.0 Å². The number of aromatic amines is 1. The summed E-state index contributed by atoms with van der Waals surface area (Å²) in [5, 5.41) is 8.23. The van der Waals surface area contributed by atoms with Crippen molar-refractivity contribution in [1.29, 1.82) is 0 Å². The molecule has 0 saturated carbocycles. The van der Waals surface area contributed by atoms with Gasteiger partial charge in [-0.3, -0.25) is 9.89 Å². The zero-order chi connectivity index (χ0) is 21.2. The monoisotopic (exact) mass is 430 g/mol. The highest BCUT2D eigenvalue weighted by molar-refractivity contribution is 7.89. The third-order valence-electron chi connectivity index (χ3n) is 4.83. The number of nitrogens with one attached hydrogen (secondary N) is 2. The summed E-state index contributed by atoms with van der Waals surface area (Å²) in [4.78, 5) is 12.0. The van der Waals surface area contributed by atoms with Gasteiger partial charge in [0, 0.05) is 24.7 Å². The molecule has 0 spiro atoms. The number of carbonyl (C=O) groups excluding carboxylic acids is 1. The second kappa shape index (κ2) is 8.15.